The normalized spacial score (nSPS) is 29.7. The molecule has 0 aromatic heterocycles. The fourth-order valence-corrected chi connectivity index (χ4v) is 3.14. The Hall–Kier alpha value is -0.160. The van der Waals surface area contributed by atoms with Gasteiger partial charge in [-0.3, -0.25) is 0 Å². The van der Waals surface area contributed by atoms with Gasteiger partial charge in [0.1, 0.15) is 0 Å². The predicted molar refractivity (Wildman–Crippen MR) is 54.1 cm³/mol. The molecule has 1 rings (SSSR count). The predicted octanol–water partition coefficient (Wildman–Crippen LogP) is 3.21. The molecule has 1 nitrogen and oxygen atoms in total. The highest BCUT2D eigenvalue weighted by molar-refractivity contribution is 7.99. The van der Waals surface area contributed by atoms with Crippen molar-refractivity contribution >= 4 is 11.8 Å². The van der Waals surface area contributed by atoms with Crippen LogP contribution in [0.5, 0.6) is 0 Å². The lowest BCUT2D eigenvalue weighted by atomic mass is 9.91. The molecule has 2 atom stereocenters. The molecule has 0 radical (unpaired) electrons. The van der Waals surface area contributed by atoms with Gasteiger partial charge in [0.05, 0.1) is 6.07 Å². The van der Waals surface area contributed by atoms with Gasteiger partial charge in [-0.2, -0.15) is 17.0 Å². The second kappa shape index (κ2) is 5.48. The van der Waals surface area contributed by atoms with Gasteiger partial charge in [0.2, 0.25) is 0 Å². The third-order valence-electron chi connectivity index (χ3n) is 2.46. The summed E-state index contributed by atoms with van der Waals surface area (Å²) in [5.41, 5.74) is 0. The summed E-state index contributed by atoms with van der Waals surface area (Å²) in [5.74, 6) is 1.95. The molecular weight excluding hydrogens is 166 g/mol. The molecule has 1 aliphatic carbocycles. The highest BCUT2D eigenvalue weighted by Crippen LogP contribution is 2.31. The zero-order valence-electron chi connectivity index (χ0n) is 7.75. The number of hydrogen-bond acceptors (Lipinski definition) is 2. The second-order valence-corrected chi connectivity index (χ2v) is 5.08. The Morgan fingerprint density at radius 3 is 3.00 bits per heavy atom. The molecule has 0 heterocycles. The van der Waals surface area contributed by atoms with Crippen molar-refractivity contribution in [2.45, 2.75) is 44.3 Å². The van der Waals surface area contributed by atoms with Gasteiger partial charge in [-0.1, -0.05) is 19.8 Å². The number of nitrogens with zero attached hydrogens (tertiary/aromatic N) is 1. The quantitative estimate of drug-likeness (QED) is 0.627. The van der Waals surface area contributed by atoms with Crippen molar-refractivity contribution in [1.29, 1.82) is 5.26 Å². The van der Waals surface area contributed by atoms with Crippen LogP contribution in [-0.4, -0.2) is 11.0 Å². The van der Waals surface area contributed by atoms with E-state index in [9.17, 15) is 0 Å². The van der Waals surface area contributed by atoms with Crippen molar-refractivity contribution in [3.63, 3.8) is 0 Å². The number of nitriles is 1. The Morgan fingerprint density at radius 2 is 2.33 bits per heavy atom. The van der Waals surface area contributed by atoms with Gasteiger partial charge >= 0.3 is 0 Å². The average molecular weight is 183 g/mol. The molecule has 68 valence electrons. The Labute approximate surface area is 79.5 Å². The SMILES string of the molecule is CC1CCCC(SCCC#N)C1. The number of hydrogen-bond donors (Lipinski definition) is 0. The van der Waals surface area contributed by atoms with Gasteiger partial charge in [0, 0.05) is 17.4 Å². The van der Waals surface area contributed by atoms with E-state index in [1.807, 2.05) is 11.8 Å². The summed E-state index contributed by atoms with van der Waals surface area (Å²) in [7, 11) is 0. The largest absolute Gasteiger partial charge is 0.198 e. The minimum absolute atomic E-state index is 0.718. The molecule has 0 aromatic rings. The lowest BCUT2D eigenvalue weighted by Crippen LogP contribution is -2.15. The van der Waals surface area contributed by atoms with Crippen molar-refractivity contribution in [2.24, 2.45) is 5.92 Å². The van der Waals surface area contributed by atoms with Crippen LogP contribution in [0.3, 0.4) is 0 Å². The molecule has 0 amide bonds. The van der Waals surface area contributed by atoms with Gasteiger partial charge in [-0.05, 0) is 18.8 Å². The lowest BCUT2D eigenvalue weighted by molar-refractivity contribution is 0.394. The second-order valence-electron chi connectivity index (χ2n) is 3.67. The molecule has 0 bridgehead atoms. The highest BCUT2D eigenvalue weighted by Gasteiger charge is 2.18. The van der Waals surface area contributed by atoms with Crippen LogP contribution in [-0.2, 0) is 0 Å². The fourth-order valence-electron chi connectivity index (χ4n) is 1.80. The van der Waals surface area contributed by atoms with E-state index in [0.29, 0.717) is 0 Å². The molecule has 1 fully saturated rings. The van der Waals surface area contributed by atoms with Crippen LogP contribution in [0.4, 0.5) is 0 Å². The van der Waals surface area contributed by atoms with Crippen LogP contribution in [0, 0.1) is 17.2 Å². The van der Waals surface area contributed by atoms with Crippen LogP contribution in [0.1, 0.15) is 39.0 Å². The van der Waals surface area contributed by atoms with Gasteiger partial charge < -0.3 is 0 Å². The molecule has 0 saturated heterocycles. The molecule has 0 aliphatic heterocycles. The molecular formula is C10H17NS. The van der Waals surface area contributed by atoms with Crippen LogP contribution >= 0.6 is 11.8 Å². The summed E-state index contributed by atoms with van der Waals surface area (Å²) in [6.07, 6.45) is 6.27. The molecule has 0 spiro atoms. The van der Waals surface area contributed by atoms with E-state index in [-0.39, 0.29) is 0 Å². The third-order valence-corrected chi connectivity index (χ3v) is 3.80. The summed E-state index contributed by atoms with van der Waals surface area (Å²) < 4.78 is 0. The fraction of sp³-hybridized carbons (Fsp3) is 0.900. The monoisotopic (exact) mass is 183 g/mol. The Balaban J connectivity index is 2.11. The third kappa shape index (κ3) is 3.49. The first-order chi connectivity index (χ1) is 5.83. The van der Waals surface area contributed by atoms with Crippen LogP contribution in [0.25, 0.3) is 0 Å². The topological polar surface area (TPSA) is 23.8 Å². The molecule has 12 heavy (non-hydrogen) atoms. The maximum Gasteiger partial charge on any atom is 0.0630 e. The Bertz CT molecular complexity index is 162. The summed E-state index contributed by atoms with van der Waals surface area (Å²) in [4.78, 5) is 0. The van der Waals surface area contributed by atoms with Crippen molar-refractivity contribution in [1.82, 2.24) is 0 Å². The van der Waals surface area contributed by atoms with Crippen LogP contribution < -0.4 is 0 Å². The maximum absolute atomic E-state index is 8.38. The molecule has 2 unspecified atom stereocenters. The first-order valence-electron chi connectivity index (χ1n) is 4.81. The van der Waals surface area contributed by atoms with Crippen molar-refractivity contribution < 1.29 is 0 Å². The molecule has 0 aromatic carbocycles. The maximum atomic E-state index is 8.38. The highest BCUT2D eigenvalue weighted by atomic mass is 32.2. The van der Waals surface area contributed by atoms with E-state index in [1.54, 1.807) is 0 Å². The summed E-state index contributed by atoms with van der Waals surface area (Å²) in [5, 5.41) is 9.23. The van der Waals surface area contributed by atoms with Gasteiger partial charge in [-0.15, -0.1) is 0 Å². The van der Waals surface area contributed by atoms with Crippen LogP contribution in [0.15, 0.2) is 0 Å². The minimum atomic E-state index is 0.718. The first-order valence-corrected chi connectivity index (χ1v) is 5.86. The zero-order valence-corrected chi connectivity index (χ0v) is 8.57. The van der Waals surface area contributed by atoms with E-state index in [2.05, 4.69) is 13.0 Å². The Morgan fingerprint density at radius 1 is 1.50 bits per heavy atom. The zero-order chi connectivity index (χ0) is 8.81. The molecule has 1 saturated carbocycles. The average Bonchev–Trinajstić information content (AvgIpc) is 2.05. The van der Waals surface area contributed by atoms with Crippen molar-refractivity contribution in [3.05, 3.63) is 0 Å². The van der Waals surface area contributed by atoms with Gasteiger partial charge in [0.25, 0.3) is 0 Å². The summed E-state index contributed by atoms with van der Waals surface area (Å²) in [6.45, 7) is 2.34. The smallest absolute Gasteiger partial charge is 0.0630 e. The van der Waals surface area contributed by atoms with Crippen LogP contribution in [0.2, 0.25) is 0 Å². The Kier molecular flexibility index (Phi) is 4.53. The number of rotatable bonds is 3. The molecule has 2 heteroatoms. The van der Waals surface area contributed by atoms with E-state index >= 15 is 0 Å². The standard InChI is InChI=1S/C10H17NS/c1-9-4-2-5-10(8-9)12-7-3-6-11/h9-10H,2-5,7-8H2,1H3. The molecule has 1 aliphatic rings. The van der Waals surface area contributed by atoms with E-state index in [0.717, 1.165) is 23.3 Å². The van der Waals surface area contributed by atoms with Crippen molar-refractivity contribution in [3.8, 4) is 6.07 Å². The van der Waals surface area contributed by atoms with Crippen molar-refractivity contribution in [2.75, 3.05) is 5.75 Å². The lowest BCUT2D eigenvalue weighted by Gasteiger charge is -2.25. The first kappa shape index (κ1) is 9.92. The van der Waals surface area contributed by atoms with E-state index < -0.39 is 0 Å². The van der Waals surface area contributed by atoms with Gasteiger partial charge in [-0.25, -0.2) is 0 Å². The number of thioether (sulfide) groups is 1. The van der Waals surface area contributed by atoms with E-state index in [1.165, 1.54) is 25.7 Å². The minimum Gasteiger partial charge on any atom is -0.198 e. The molecule has 0 N–H and O–H groups in total. The summed E-state index contributed by atoms with van der Waals surface area (Å²) in [6, 6.07) is 2.20. The summed E-state index contributed by atoms with van der Waals surface area (Å²) >= 11 is 2.00. The van der Waals surface area contributed by atoms with E-state index in [4.69, 9.17) is 5.26 Å². The van der Waals surface area contributed by atoms with Gasteiger partial charge in [0.15, 0.2) is 0 Å².